The number of rotatable bonds is 42. The zero-order valence-electron chi connectivity index (χ0n) is 29.4. The Morgan fingerprint density at radius 3 is 0.809 bits per heavy atom. The van der Waals surface area contributed by atoms with Crippen LogP contribution in [0.15, 0.2) is 0 Å². The van der Waals surface area contributed by atoms with Gasteiger partial charge >= 0.3 is 5.97 Å². The lowest BCUT2D eigenvalue weighted by Crippen LogP contribution is -2.15. The third-order valence-corrected chi connectivity index (χ3v) is 6.16. The molecule has 0 saturated carbocycles. The van der Waals surface area contributed by atoms with Crippen molar-refractivity contribution in [2.45, 2.75) is 45.4 Å². The molecular formula is C33H66O14. The second-order valence-corrected chi connectivity index (χ2v) is 10.1. The summed E-state index contributed by atoms with van der Waals surface area (Å²) >= 11 is 0. The molecule has 0 spiro atoms. The predicted octanol–water partition coefficient (Wildman–Crippen LogP) is 2.72. The second-order valence-electron chi connectivity index (χ2n) is 10.1. The van der Waals surface area contributed by atoms with Crippen LogP contribution in [0, 0.1) is 0 Å². The largest absolute Gasteiger partial charge is 0.469 e. The maximum absolute atomic E-state index is 10.9. The topological polar surface area (TPSA) is 137 Å². The van der Waals surface area contributed by atoms with Gasteiger partial charge in [-0.3, -0.25) is 4.79 Å². The molecule has 282 valence electrons. The average Bonchev–Trinajstić information content (AvgIpc) is 3.08. The second kappa shape index (κ2) is 43.0. The highest BCUT2D eigenvalue weighted by Crippen LogP contribution is 2.02. The van der Waals surface area contributed by atoms with Crippen molar-refractivity contribution in [3.05, 3.63) is 0 Å². The van der Waals surface area contributed by atoms with E-state index in [1.165, 1.54) is 32.8 Å². The zero-order chi connectivity index (χ0) is 34.0. The lowest BCUT2D eigenvalue weighted by atomic mass is 10.2. The van der Waals surface area contributed by atoms with Crippen LogP contribution >= 0.6 is 0 Å². The quantitative estimate of drug-likeness (QED) is 0.0687. The van der Waals surface area contributed by atoms with Gasteiger partial charge in [-0.05, 0) is 6.42 Å². The maximum Gasteiger partial charge on any atom is 0.307 e. The van der Waals surface area contributed by atoms with Crippen molar-refractivity contribution >= 4 is 5.97 Å². The van der Waals surface area contributed by atoms with E-state index in [1.807, 2.05) is 0 Å². The summed E-state index contributed by atoms with van der Waals surface area (Å²) in [6.07, 6.45) is 6.51. The number of hydrogen-bond donors (Lipinski definition) is 0. The van der Waals surface area contributed by atoms with E-state index in [0.29, 0.717) is 152 Å². The number of hydrogen-bond acceptors (Lipinski definition) is 14. The molecule has 0 heterocycles. The molecule has 0 rings (SSSR count). The fourth-order valence-corrected chi connectivity index (χ4v) is 3.59. The van der Waals surface area contributed by atoms with Crippen molar-refractivity contribution in [2.75, 3.05) is 166 Å². The van der Waals surface area contributed by atoms with Crippen LogP contribution in [-0.2, 0) is 66.4 Å². The Bertz CT molecular complexity index is 588. The van der Waals surface area contributed by atoms with Gasteiger partial charge in [-0.25, -0.2) is 0 Å². The van der Waals surface area contributed by atoms with Crippen LogP contribution < -0.4 is 0 Å². The lowest BCUT2D eigenvalue weighted by Gasteiger charge is -2.09. The minimum atomic E-state index is -0.285. The summed E-state index contributed by atoms with van der Waals surface area (Å²) in [5.74, 6) is -0.285. The van der Waals surface area contributed by atoms with Gasteiger partial charge in [-0.15, -0.1) is 0 Å². The normalized spacial score (nSPS) is 11.4. The molecule has 0 aromatic rings. The minimum absolute atomic E-state index is 0.246. The van der Waals surface area contributed by atoms with Crippen molar-refractivity contribution in [1.29, 1.82) is 0 Å². The molecule has 0 aromatic heterocycles. The molecule has 0 atom stereocenters. The highest BCUT2D eigenvalue weighted by atomic mass is 16.6. The molecular weight excluding hydrogens is 620 g/mol. The van der Waals surface area contributed by atoms with Gasteiger partial charge < -0.3 is 61.6 Å². The first kappa shape index (κ1) is 46.0. The highest BCUT2D eigenvalue weighted by molar-refractivity contribution is 5.69. The number of ether oxygens (including phenoxy) is 13. The molecule has 0 N–H and O–H groups in total. The van der Waals surface area contributed by atoms with E-state index < -0.39 is 0 Å². The number of esters is 1. The van der Waals surface area contributed by atoms with Gasteiger partial charge in [-0.1, -0.05) is 32.6 Å². The Labute approximate surface area is 283 Å². The van der Waals surface area contributed by atoms with E-state index in [2.05, 4.69) is 11.7 Å². The fraction of sp³-hybridized carbons (Fsp3) is 0.970. The summed E-state index contributed by atoms with van der Waals surface area (Å²) in [5, 5.41) is 0. The molecule has 14 nitrogen and oxygen atoms in total. The molecule has 14 heteroatoms. The Hall–Kier alpha value is -1.01. The van der Waals surface area contributed by atoms with E-state index >= 15 is 0 Å². The molecule has 0 aliphatic carbocycles. The lowest BCUT2D eigenvalue weighted by molar-refractivity contribution is -0.141. The Balaban J connectivity index is 3.05. The van der Waals surface area contributed by atoms with E-state index in [0.717, 1.165) is 13.0 Å². The molecule has 47 heavy (non-hydrogen) atoms. The van der Waals surface area contributed by atoms with Gasteiger partial charge in [0.15, 0.2) is 0 Å². The summed E-state index contributed by atoms with van der Waals surface area (Å²) in [6, 6.07) is 0. The number of unbranched alkanes of at least 4 members (excludes halogenated alkanes) is 4. The summed E-state index contributed by atoms with van der Waals surface area (Å²) in [7, 11) is 1.35. The first-order valence-electron chi connectivity index (χ1n) is 17.3. The van der Waals surface area contributed by atoms with Gasteiger partial charge in [-0.2, -0.15) is 0 Å². The van der Waals surface area contributed by atoms with E-state index in [4.69, 9.17) is 56.8 Å². The van der Waals surface area contributed by atoms with Crippen LogP contribution in [0.5, 0.6) is 0 Å². The summed E-state index contributed by atoms with van der Waals surface area (Å²) in [5.41, 5.74) is 0. The molecule has 0 amide bonds. The van der Waals surface area contributed by atoms with Crippen LogP contribution in [0.1, 0.15) is 45.4 Å². The minimum Gasteiger partial charge on any atom is -0.469 e. The van der Waals surface area contributed by atoms with Gasteiger partial charge in [0, 0.05) is 6.61 Å². The van der Waals surface area contributed by atoms with Crippen LogP contribution in [-0.4, -0.2) is 172 Å². The van der Waals surface area contributed by atoms with Crippen molar-refractivity contribution < 1.29 is 66.4 Å². The van der Waals surface area contributed by atoms with Crippen LogP contribution in [0.25, 0.3) is 0 Å². The van der Waals surface area contributed by atoms with Crippen molar-refractivity contribution in [2.24, 2.45) is 0 Å². The Kier molecular flexibility index (Phi) is 42.1. The average molecular weight is 687 g/mol. The van der Waals surface area contributed by atoms with E-state index in [-0.39, 0.29) is 12.4 Å². The molecule has 0 saturated heterocycles. The smallest absolute Gasteiger partial charge is 0.307 e. The van der Waals surface area contributed by atoms with Crippen LogP contribution in [0.4, 0.5) is 0 Å². The van der Waals surface area contributed by atoms with Crippen molar-refractivity contribution in [3.63, 3.8) is 0 Å². The molecule has 0 fully saturated rings. The summed E-state index contributed by atoms with van der Waals surface area (Å²) in [6.45, 7) is 14.7. The van der Waals surface area contributed by atoms with E-state index in [1.54, 1.807) is 0 Å². The van der Waals surface area contributed by atoms with Gasteiger partial charge in [0.2, 0.25) is 0 Å². The summed E-state index contributed by atoms with van der Waals surface area (Å²) < 4.78 is 70.0. The van der Waals surface area contributed by atoms with Crippen LogP contribution in [0.2, 0.25) is 0 Å². The maximum atomic E-state index is 10.9. The molecule has 0 aliphatic heterocycles. The number of carbonyl (C=O) groups excluding carboxylic acids is 1. The van der Waals surface area contributed by atoms with Crippen molar-refractivity contribution in [3.8, 4) is 0 Å². The number of methoxy groups -OCH3 is 1. The van der Waals surface area contributed by atoms with Gasteiger partial charge in [0.05, 0.1) is 165 Å². The predicted molar refractivity (Wildman–Crippen MR) is 175 cm³/mol. The third-order valence-electron chi connectivity index (χ3n) is 6.16. The molecule has 0 aliphatic rings. The van der Waals surface area contributed by atoms with Crippen molar-refractivity contribution in [1.82, 2.24) is 0 Å². The molecule has 0 bridgehead atoms. The monoisotopic (exact) mass is 686 g/mol. The fourth-order valence-electron chi connectivity index (χ4n) is 3.59. The van der Waals surface area contributed by atoms with Gasteiger partial charge in [0.25, 0.3) is 0 Å². The Morgan fingerprint density at radius 1 is 0.319 bits per heavy atom. The Morgan fingerprint density at radius 2 is 0.553 bits per heavy atom. The van der Waals surface area contributed by atoms with Gasteiger partial charge in [0.1, 0.15) is 0 Å². The standard InChI is InChI=1S/C33H66O14/c1-3-4-5-6-7-9-36-11-13-38-15-17-40-19-21-42-23-25-44-27-29-46-31-32-47-30-28-45-26-24-43-22-20-41-18-16-39-14-12-37-10-8-33(34)35-2/h3-32H2,1-2H3. The first-order valence-corrected chi connectivity index (χ1v) is 17.3. The molecule has 0 radical (unpaired) electrons. The number of carbonyl (C=O) groups is 1. The highest BCUT2D eigenvalue weighted by Gasteiger charge is 2.00. The third kappa shape index (κ3) is 43.0. The SMILES string of the molecule is CCCCCCCOCCOCCOCCOCCOCCOCCOCCOCCOCCOCCOCCOCCC(=O)OC. The van der Waals surface area contributed by atoms with E-state index in [9.17, 15) is 4.79 Å². The zero-order valence-corrected chi connectivity index (χ0v) is 29.4. The molecule has 0 aromatic carbocycles. The molecule has 0 unspecified atom stereocenters. The summed E-state index contributed by atoms with van der Waals surface area (Å²) in [4.78, 5) is 10.9. The first-order chi connectivity index (χ1) is 23.3. The van der Waals surface area contributed by atoms with Crippen LogP contribution in [0.3, 0.4) is 0 Å².